The minimum atomic E-state index is -1.11. The molecule has 5 nitrogen and oxygen atoms in total. The number of aliphatic hydroxyl groups excluding tert-OH is 1. The lowest BCUT2D eigenvalue weighted by Gasteiger charge is -2.31. The first-order valence-electron chi connectivity index (χ1n) is 8.38. The molecule has 2 atom stereocenters. The quantitative estimate of drug-likeness (QED) is 0.565. The van der Waals surface area contributed by atoms with Crippen LogP contribution in [0.15, 0.2) is 65.9 Å². The van der Waals surface area contributed by atoms with Crippen LogP contribution in [0.4, 0.5) is 0 Å². The Morgan fingerprint density at radius 1 is 1.15 bits per heavy atom. The highest BCUT2D eigenvalue weighted by atomic mass is 127. The van der Waals surface area contributed by atoms with Crippen molar-refractivity contribution in [2.45, 2.75) is 31.5 Å². The Morgan fingerprint density at radius 3 is 2.54 bits per heavy atom. The van der Waals surface area contributed by atoms with Crippen LogP contribution in [-0.4, -0.2) is 28.3 Å². The Balaban J connectivity index is 1.75. The molecule has 2 aromatic carbocycles. The Kier molecular flexibility index (Phi) is 6.16. The molecule has 0 fully saturated rings. The van der Waals surface area contributed by atoms with Crippen LogP contribution in [0.25, 0.3) is 0 Å². The zero-order valence-electron chi connectivity index (χ0n) is 14.1. The molecular formula is C20H20INO4. The Labute approximate surface area is 165 Å². The lowest BCUT2D eigenvalue weighted by atomic mass is 9.90. The second kappa shape index (κ2) is 8.55. The van der Waals surface area contributed by atoms with E-state index in [1.54, 1.807) is 0 Å². The fourth-order valence-electron chi connectivity index (χ4n) is 3.01. The zero-order chi connectivity index (χ0) is 18.5. The number of ether oxygens (including phenoxy) is 1. The van der Waals surface area contributed by atoms with Crippen LogP contribution >= 0.6 is 22.6 Å². The largest absolute Gasteiger partial charge is 0.508 e. The van der Waals surface area contributed by atoms with Crippen molar-refractivity contribution in [2.75, 3.05) is 0 Å². The number of aliphatic carboxylic acids is 1. The average Bonchev–Trinajstić information content (AvgIpc) is 2.64. The van der Waals surface area contributed by atoms with Crippen molar-refractivity contribution in [2.24, 2.45) is 0 Å². The molecule has 0 saturated carbocycles. The van der Waals surface area contributed by atoms with E-state index >= 15 is 0 Å². The van der Waals surface area contributed by atoms with Crippen LogP contribution in [0.5, 0.6) is 5.75 Å². The number of para-hydroxylation sites is 1. The summed E-state index contributed by atoms with van der Waals surface area (Å²) in [6.07, 6.45) is 0.0826. The fourth-order valence-corrected chi connectivity index (χ4v) is 3.52. The highest BCUT2D eigenvalue weighted by Crippen LogP contribution is 2.30. The number of nitrogens with one attached hydrogen (secondary N) is 1. The molecule has 0 bridgehead atoms. The Morgan fingerprint density at radius 2 is 1.85 bits per heavy atom. The number of halogens is 1. The smallest absolute Gasteiger partial charge is 0.335 e. The molecule has 3 rings (SSSR count). The molecule has 0 spiro atoms. The summed E-state index contributed by atoms with van der Waals surface area (Å²) in [5.41, 5.74) is 1.14. The van der Waals surface area contributed by atoms with Crippen molar-refractivity contribution < 1.29 is 19.7 Å². The van der Waals surface area contributed by atoms with Crippen LogP contribution < -0.4 is 10.1 Å². The topological polar surface area (TPSA) is 78.8 Å². The summed E-state index contributed by atoms with van der Waals surface area (Å²) < 4.78 is 6.85. The molecule has 0 amide bonds. The molecule has 1 aliphatic rings. The van der Waals surface area contributed by atoms with Crippen molar-refractivity contribution >= 4 is 28.6 Å². The van der Waals surface area contributed by atoms with E-state index in [9.17, 15) is 15.0 Å². The molecule has 1 aliphatic carbocycles. The molecule has 3 N–H and O–H groups in total. The molecule has 26 heavy (non-hydrogen) atoms. The van der Waals surface area contributed by atoms with Gasteiger partial charge < -0.3 is 20.3 Å². The van der Waals surface area contributed by atoms with Gasteiger partial charge in [-0.1, -0.05) is 42.5 Å². The number of benzene rings is 2. The fraction of sp³-hybridized carbons (Fsp3) is 0.250. The number of rotatable bonds is 6. The predicted octanol–water partition coefficient (Wildman–Crippen LogP) is 3.89. The van der Waals surface area contributed by atoms with Gasteiger partial charge in [0.2, 0.25) is 0 Å². The summed E-state index contributed by atoms with van der Waals surface area (Å²) in [6, 6.07) is 17.3. The van der Waals surface area contributed by atoms with E-state index in [0.29, 0.717) is 18.7 Å². The summed E-state index contributed by atoms with van der Waals surface area (Å²) in [5, 5.41) is 23.2. The van der Waals surface area contributed by atoms with E-state index in [4.69, 9.17) is 4.74 Å². The van der Waals surface area contributed by atoms with Gasteiger partial charge in [-0.25, -0.2) is 4.79 Å². The Bertz CT molecular complexity index is 806. The van der Waals surface area contributed by atoms with Crippen LogP contribution in [0, 0.1) is 3.57 Å². The van der Waals surface area contributed by atoms with Crippen molar-refractivity contribution in [1.29, 1.82) is 0 Å². The van der Waals surface area contributed by atoms with Crippen molar-refractivity contribution in [1.82, 2.24) is 5.32 Å². The maximum absolute atomic E-state index is 11.5. The second-order valence-corrected chi connectivity index (χ2v) is 7.37. The number of carboxylic acid groups (broad SMARTS) is 1. The first-order chi connectivity index (χ1) is 12.5. The first-order valence-corrected chi connectivity index (χ1v) is 9.46. The van der Waals surface area contributed by atoms with Gasteiger partial charge in [0.1, 0.15) is 11.5 Å². The van der Waals surface area contributed by atoms with E-state index < -0.39 is 12.1 Å². The minimum absolute atomic E-state index is 0.0118. The van der Waals surface area contributed by atoms with E-state index in [1.807, 2.05) is 54.6 Å². The van der Waals surface area contributed by atoms with Crippen LogP contribution in [0.1, 0.15) is 18.4 Å². The highest BCUT2D eigenvalue weighted by molar-refractivity contribution is 14.1. The van der Waals surface area contributed by atoms with Gasteiger partial charge in [-0.15, -0.1) is 0 Å². The van der Waals surface area contributed by atoms with Crippen LogP contribution in [0.3, 0.4) is 0 Å². The molecule has 0 aromatic heterocycles. The van der Waals surface area contributed by atoms with Gasteiger partial charge in [0, 0.05) is 19.0 Å². The normalized spacial score (nSPS) is 20.0. The molecule has 0 saturated heterocycles. The number of aliphatic hydroxyl groups is 1. The summed E-state index contributed by atoms with van der Waals surface area (Å²) in [6.45, 7) is 0.634. The molecule has 0 radical (unpaired) electrons. The van der Waals surface area contributed by atoms with E-state index in [2.05, 4.69) is 27.9 Å². The summed E-state index contributed by atoms with van der Waals surface area (Å²) in [4.78, 5) is 11.5. The molecule has 6 heteroatoms. The number of hydrogen-bond acceptors (Lipinski definition) is 4. The third-order valence-corrected chi connectivity index (χ3v) is 5.26. The van der Waals surface area contributed by atoms with E-state index in [1.165, 1.54) is 0 Å². The molecule has 2 aromatic rings. The lowest BCUT2D eigenvalue weighted by Crippen LogP contribution is -2.40. The van der Waals surface area contributed by atoms with Gasteiger partial charge in [0.15, 0.2) is 6.10 Å². The minimum Gasteiger partial charge on any atom is -0.508 e. The summed E-state index contributed by atoms with van der Waals surface area (Å²) in [5.74, 6) is -0.655. The molecule has 0 aliphatic heterocycles. The molecular weight excluding hydrogens is 445 g/mol. The Hall–Kier alpha value is -2.06. The van der Waals surface area contributed by atoms with E-state index in [0.717, 1.165) is 9.13 Å². The predicted molar refractivity (Wildman–Crippen MR) is 107 cm³/mol. The van der Waals surface area contributed by atoms with Gasteiger partial charge in [0.25, 0.3) is 0 Å². The third kappa shape index (κ3) is 4.56. The van der Waals surface area contributed by atoms with Crippen LogP contribution in [0.2, 0.25) is 0 Å². The second-order valence-electron chi connectivity index (χ2n) is 6.21. The number of carbonyl (C=O) groups is 1. The maximum atomic E-state index is 11.5. The maximum Gasteiger partial charge on any atom is 0.335 e. The standard InChI is InChI=1S/C20H20INO4/c21-16-8-4-5-9-17(16)26-18-11-14(10-15(19(18)23)20(24)25)22-12-13-6-2-1-3-7-13/h1-9,14,18,22-23H,10-12H2,(H,24,25). The monoisotopic (exact) mass is 465 g/mol. The average molecular weight is 465 g/mol. The molecule has 2 unspecified atom stereocenters. The number of carboxylic acids is 1. The van der Waals surface area contributed by atoms with Gasteiger partial charge in [-0.2, -0.15) is 0 Å². The van der Waals surface area contributed by atoms with Crippen molar-refractivity contribution in [3.8, 4) is 5.75 Å². The van der Waals surface area contributed by atoms with E-state index in [-0.39, 0.29) is 23.8 Å². The van der Waals surface area contributed by atoms with Crippen molar-refractivity contribution in [3.63, 3.8) is 0 Å². The zero-order valence-corrected chi connectivity index (χ0v) is 16.2. The highest BCUT2D eigenvalue weighted by Gasteiger charge is 2.33. The molecule has 136 valence electrons. The number of hydrogen-bond donors (Lipinski definition) is 3. The van der Waals surface area contributed by atoms with Gasteiger partial charge in [-0.3, -0.25) is 0 Å². The summed E-state index contributed by atoms with van der Waals surface area (Å²) >= 11 is 2.16. The van der Waals surface area contributed by atoms with Gasteiger partial charge in [0.05, 0.1) is 9.14 Å². The summed E-state index contributed by atoms with van der Waals surface area (Å²) in [7, 11) is 0. The van der Waals surface area contributed by atoms with Gasteiger partial charge >= 0.3 is 5.97 Å². The molecule has 0 heterocycles. The van der Waals surface area contributed by atoms with Crippen LogP contribution in [-0.2, 0) is 11.3 Å². The van der Waals surface area contributed by atoms with Gasteiger partial charge in [-0.05, 0) is 46.7 Å². The lowest BCUT2D eigenvalue weighted by molar-refractivity contribution is -0.133. The van der Waals surface area contributed by atoms with Crippen molar-refractivity contribution in [3.05, 3.63) is 75.1 Å². The first kappa shape index (κ1) is 18.7. The SMILES string of the molecule is O=C(O)C1=C(O)C(Oc2ccccc2I)CC(NCc2ccccc2)C1. The third-order valence-electron chi connectivity index (χ3n) is 4.37.